The summed E-state index contributed by atoms with van der Waals surface area (Å²) in [6, 6.07) is 15.5. The van der Waals surface area contributed by atoms with Crippen LogP contribution in [-0.4, -0.2) is 47.0 Å². The quantitative estimate of drug-likeness (QED) is 0.374. The molecule has 0 unspecified atom stereocenters. The van der Waals surface area contributed by atoms with Gasteiger partial charge in [0, 0.05) is 41.8 Å². The average molecular weight is 501 g/mol. The zero-order valence-electron chi connectivity index (χ0n) is 20.4. The lowest BCUT2D eigenvalue weighted by Gasteiger charge is -2.28. The summed E-state index contributed by atoms with van der Waals surface area (Å²) in [5.74, 6) is -0.0570. The van der Waals surface area contributed by atoms with Gasteiger partial charge in [-0.15, -0.1) is 10.2 Å². The number of nitrogens with zero attached hydrogens (tertiary/aromatic N) is 6. The van der Waals surface area contributed by atoms with Gasteiger partial charge >= 0.3 is 0 Å². The molecule has 0 radical (unpaired) electrons. The summed E-state index contributed by atoms with van der Waals surface area (Å²) in [6.45, 7) is 6.59. The van der Waals surface area contributed by atoms with Gasteiger partial charge in [0.05, 0.1) is 17.8 Å². The summed E-state index contributed by atoms with van der Waals surface area (Å²) < 4.78 is 3.92. The second kappa shape index (κ2) is 9.90. The fourth-order valence-corrected chi connectivity index (χ4v) is 5.22. The number of rotatable bonds is 7. The maximum atomic E-state index is 12.8. The Labute approximate surface area is 215 Å². The lowest BCUT2D eigenvalue weighted by atomic mass is 9.96. The van der Waals surface area contributed by atoms with Crippen molar-refractivity contribution in [1.82, 2.24) is 34.8 Å². The van der Waals surface area contributed by atoms with Gasteiger partial charge in [-0.1, -0.05) is 18.2 Å². The number of aryl methyl sites for hydroxylation is 2. The zero-order chi connectivity index (χ0) is 25.2. The molecule has 1 fully saturated rings. The molecular formula is C26H28N8OS. The van der Waals surface area contributed by atoms with Gasteiger partial charge in [-0.25, -0.2) is 4.68 Å². The second-order valence-electron chi connectivity index (χ2n) is 8.97. The summed E-state index contributed by atoms with van der Waals surface area (Å²) in [5, 5.41) is 15.0. The number of pyridine rings is 1. The minimum Gasteiger partial charge on any atom is -0.352 e. The zero-order valence-corrected chi connectivity index (χ0v) is 21.2. The molecule has 3 aromatic heterocycles. The van der Waals surface area contributed by atoms with Crippen LogP contribution in [0.15, 0.2) is 67.4 Å². The number of aromatic nitrogens is 5. The molecule has 0 aliphatic carbocycles. The van der Waals surface area contributed by atoms with Crippen molar-refractivity contribution in [2.24, 2.45) is 0 Å². The second-order valence-corrected chi connectivity index (χ2v) is 9.35. The SMILES string of the molecule is Cc1cccc(NC(=O)CCN2C(=S)N[C@H](c3ccccn3)[C@@H]2c2cc(C)n(-n3cnnc3)c2C)c1. The fourth-order valence-electron chi connectivity index (χ4n) is 4.88. The Morgan fingerprint density at radius 3 is 2.61 bits per heavy atom. The highest BCUT2D eigenvalue weighted by molar-refractivity contribution is 7.80. The topological polar surface area (TPSA) is 92.9 Å². The molecule has 1 saturated heterocycles. The van der Waals surface area contributed by atoms with Crippen LogP contribution < -0.4 is 10.6 Å². The van der Waals surface area contributed by atoms with Crippen LogP contribution in [0.5, 0.6) is 0 Å². The van der Waals surface area contributed by atoms with Gasteiger partial charge in [0.1, 0.15) is 12.7 Å². The molecular weight excluding hydrogens is 472 g/mol. The molecule has 2 atom stereocenters. The predicted molar refractivity (Wildman–Crippen MR) is 141 cm³/mol. The van der Waals surface area contributed by atoms with Crippen molar-refractivity contribution in [3.05, 3.63) is 95.6 Å². The van der Waals surface area contributed by atoms with E-state index in [-0.39, 0.29) is 18.0 Å². The Morgan fingerprint density at radius 2 is 1.89 bits per heavy atom. The molecule has 36 heavy (non-hydrogen) atoms. The first-order valence-corrected chi connectivity index (χ1v) is 12.2. The molecule has 1 aliphatic heterocycles. The van der Waals surface area contributed by atoms with Crippen LogP contribution in [0.4, 0.5) is 5.69 Å². The van der Waals surface area contributed by atoms with Crippen molar-refractivity contribution in [3.8, 4) is 0 Å². The van der Waals surface area contributed by atoms with Gasteiger partial charge in [0.2, 0.25) is 5.91 Å². The molecule has 4 heterocycles. The van der Waals surface area contributed by atoms with Crippen molar-refractivity contribution >= 4 is 28.9 Å². The number of carbonyl (C=O) groups is 1. The van der Waals surface area contributed by atoms with Crippen molar-refractivity contribution in [2.75, 3.05) is 11.9 Å². The summed E-state index contributed by atoms with van der Waals surface area (Å²) in [4.78, 5) is 19.5. The molecule has 1 aromatic carbocycles. The lowest BCUT2D eigenvalue weighted by Crippen LogP contribution is -2.33. The van der Waals surface area contributed by atoms with E-state index >= 15 is 0 Å². The van der Waals surface area contributed by atoms with Gasteiger partial charge in [-0.05, 0) is 68.9 Å². The molecule has 10 heteroatoms. The first-order chi connectivity index (χ1) is 17.4. The van der Waals surface area contributed by atoms with Crippen molar-refractivity contribution in [1.29, 1.82) is 0 Å². The van der Waals surface area contributed by atoms with E-state index in [1.807, 2.05) is 61.0 Å². The van der Waals surface area contributed by atoms with Crippen LogP contribution in [0.1, 0.15) is 46.7 Å². The van der Waals surface area contributed by atoms with E-state index in [9.17, 15) is 4.79 Å². The Morgan fingerprint density at radius 1 is 1.08 bits per heavy atom. The third kappa shape index (κ3) is 4.59. The molecule has 0 spiro atoms. The van der Waals surface area contributed by atoms with E-state index in [1.165, 1.54) is 0 Å². The summed E-state index contributed by atoms with van der Waals surface area (Å²) in [7, 11) is 0. The van der Waals surface area contributed by atoms with Crippen LogP contribution in [-0.2, 0) is 4.79 Å². The molecule has 1 amide bonds. The third-order valence-electron chi connectivity index (χ3n) is 6.47. The molecule has 5 rings (SSSR count). The maximum Gasteiger partial charge on any atom is 0.226 e. The monoisotopic (exact) mass is 500 g/mol. The van der Waals surface area contributed by atoms with E-state index in [1.54, 1.807) is 18.9 Å². The van der Waals surface area contributed by atoms with Gasteiger partial charge in [-0.3, -0.25) is 14.5 Å². The average Bonchev–Trinajstić information content (AvgIpc) is 3.56. The lowest BCUT2D eigenvalue weighted by molar-refractivity contribution is -0.116. The number of nitrogens with one attached hydrogen (secondary N) is 2. The highest BCUT2D eigenvalue weighted by Gasteiger charge is 2.41. The summed E-state index contributed by atoms with van der Waals surface area (Å²) in [5.41, 5.74) is 5.96. The predicted octanol–water partition coefficient (Wildman–Crippen LogP) is 3.71. The van der Waals surface area contributed by atoms with Crippen LogP contribution in [0, 0.1) is 20.8 Å². The maximum absolute atomic E-state index is 12.8. The highest BCUT2D eigenvalue weighted by atomic mass is 32.1. The fraction of sp³-hybridized carbons (Fsp3) is 0.269. The van der Waals surface area contributed by atoms with E-state index in [2.05, 4.69) is 48.4 Å². The first kappa shape index (κ1) is 23.7. The number of anilines is 1. The Bertz CT molecular complexity index is 1380. The number of hydrogen-bond acceptors (Lipinski definition) is 5. The molecule has 0 saturated carbocycles. The Hall–Kier alpha value is -4.05. The number of hydrogen-bond donors (Lipinski definition) is 2. The van der Waals surface area contributed by atoms with Crippen molar-refractivity contribution in [2.45, 2.75) is 39.3 Å². The van der Waals surface area contributed by atoms with E-state index in [0.29, 0.717) is 18.1 Å². The standard InChI is InChI=1S/C26H28N8OS/c1-17-7-6-8-20(13-17)30-23(35)10-12-33-25(24(31-26(33)36)22-9-4-5-11-27-22)21-14-18(2)34(19(21)3)32-15-28-29-16-32/h4-9,11,13-16,24-25H,10,12H2,1-3H3,(H,30,35)(H,31,36)/t24-,25+/m1/s1. The van der Waals surface area contributed by atoms with Crippen molar-refractivity contribution in [3.63, 3.8) is 0 Å². The largest absolute Gasteiger partial charge is 0.352 e. The first-order valence-electron chi connectivity index (χ1n) is 11.8. The van der Waals surface area contributed by atoms with E-state index in [4.69, 9.17) is 12.2 Å². The van der Waals surface area contributed by atoms with Gasteiger partial charge in [-0.2, -0.15) is 0 Å². The molecule has 9 nitrogen and oxygen atoms in total. The summed E-state index contributed by atoms with van der Waals surface area (Å²) in [6.07, 6.45) is 5.43. The van der Waals surface area contributed by atoms with E-state index in [0.717, 1.165) is 33.9 Å². The minimum absolute atomic E-state index is 0.0570. The van der Waals surface area contributed by atoms with Crippen LogP contribution >= 0.6 is 12.2 Å². The number of carbonyl (C=O) groups excluding carboxylic acids is 1. The molecule has 2 N–H and O–H groups in total. The van der Waals surface area contributed by atoms with E-state index < -0.39 is 0 Å². The van der Waals surface area contributed by atoms with Crippen LogP contribution in [0.2, 0.25) is 0 Å². The van der Waals surface area contributed by atoms with Crippen molar-refractivity contribution < 1.29 is 4.79 Å². The number of benzene rings is 1. The third-order valence-corrected chi connectivity index (χ3v) is 6.82. The Kier molecular flexibility index (Phi) is 6.51. The van der Waals surface area contributed by atoms with Gasteiger partial charge in [0.25, 0.3) is 0 Å². The van der Waals surface area contributed by atoms with Crippen LogP contribution in [0.25, 0.3) is 0 Å². The minimum atomic E-state index is -0.159. The number of thiocarbonyl (C=S) groups is 1. The van der Waals surface area contributed by atoms with Gasteiger partial charge in [0.15, 0.2) is 5.11 Å². The Balaban J connectivity index is 1.45. The summed E-state index contributed by atoms with van der Waals surface area (Å²) >= 11 is 5.78. The molecule has 184 valence electrons. The van der Waals surface area contributed by atoms with Gasteiger partial charge < -0.3 is 15.5 Å². The highest BCUT2D eigenvalue weighted by Crippen LogP contribution is 2.40. The smallest absolute Gasteiger partial charge is 0.226 e. The molecule has 1 aliphatic rings. The number of amides is 1. The molecule has 0 bridgehead atoms. The molecule has 4 aromatic rings. The van der Waals surface area contributed by atoms with Crippen LogP contribution in [0.3, 0.4) is 0 Å². The normalized spacial score (nSPS) is 17.3.